The molecule has 7 nitrogen and oxygen atoms in total. The van der Waals surface area contributed by atoms with Gasteiger partial charge in [-0.1, -0.05) is 12.1 Å². The monoisotopic (exact) mass is 322 g/mol. The van der Waals surface area contributed by atoms with Crippen molar-refractivity contribution in [3.05, 3.63) is 29.8 Å². The molecule has 0 saturated carbocycles. The molecule has 0 unspecified atom stereocenters. The fourth-order valence-corrected chi connectivity index (χ4v) is 2.64. The first kappa shape index (κ1) is 17.2. The number of rotatable bonds is 6. The summed E-state index contributed by atoms with van der Waals surface area (Å²) in [5.41, 5.74) is 6.88. The maximum absolute atomic E-state index is 12.4. The maximum atomic E-state index is 12.4. The zero-order chi connectivity index (χ0) is 16.8. The van der Waals surface area contributed by atoms with Gasteiger partial charge in [-0.3, -0.25) is 4.79 Å². The van der Waals surface area contributed by atoms with Crippen LogP contribution >= 0.6 is 0 Å². The molecule has 1 saturated heterocycles. The number of nitrogens with two attached hydrogens (primary N) is 1. The molecule has 0 aliphatic carbocycles. The highest BCUT2D eigenvalue weighted by Crippen LogP contribution is 2.16. The molecule has 1 aliphatic rings. The number of carbonyl (C=O) groups excluding carboxylic acids is 1. The molecule has 7 heteroatoms. The van der Waals surface area contributed by atoms with Crippen LogP contribution in [0.5, 0.6) is 5.75 Å². The highest BCUT2D eigenvalue weighted by atomic mass is 16.5. The van der Waals surface area contributed by atoms with Crippen molar-refractivity contribution in [2.45, 2.75) is 31.4 Å². The predicted octanol–water partition coefficient (Wildman–Crippen LogP) is 0.354. The van der Waals surface area contributed by atoms with E-state index < -0.39 is 12.0 Å². The number of hydrogen-bond donors (Lipinski definition) is 3. The Morgan fingerprint density at radius 3 is 2.43 bits per heavy atom. The van der Waals surface area contributed by atoms with Crippen molar-refractivity contribution in [3.8, 4) is 5.75 Å². The van der Waals surface area contributed by atoms with Gasteiger partial charge in [-0.25, -0.2) is 4.79 Å². The van der Waals surface area contributed by atoms with Gasteiger partial charge in [-0.15, -0.1) is 0 Å². The normalized spacial score (nSPS) is 17.0. The van der Waals surface area contributed by atoms with Crippen molar-refractivity contribution in [3.63, 3.8) is 0 Å². The first-order valence-corrected chi connectivity index (χ1v) is 7.61. The van der Waals surface area contributed by atoms with Crippen molar-refractivity contribution >= 4 is 11.9 Å². The van der Waals surface area contributed by atoms with Gasteiger partial charge in [0.25, 0.3) is 0 Å². The van der Waals surface area contributed by atoms with E-state index in [1.54, 1.807) is 29.2 Å². The Bertz CT molecular complexity index is 538. The number of piperidine rings is 1. The maximum Gasteiger partial charge on any atom is 0.329 e. The number of carboxylic acids is 1. The zero-order valence-electron chi connectivity index (χ0n) is 12.9. The van der Waals surface area contributed by atoms with Gasteiger partial charge in [0.15, 0.2) is 0 Å². The largest absolute Gasteiger partial charge is 0.508 e. The van der Waals surface area contributed by atoms with E-state index >= 15 is 0 Å². The summed E-state index contributed by atoms with van der Waals surface area (Å²) in [6.45, 7) is 0.734. The topological polar surface area (TPSA) is 113 Å². The van der Waals surface area contributed by atoms with Gasteiger partial charge in [0.05, 0.1) is 12.1 Å². The Morgan fingerprint density at radius 1 is 1.26 bits per heavy atom. The second-order valence-electron chi connectivity index (χ2n) is 5.71. The van der Waals surface area contributed by atoms with Gasteiger partial charge >= 0.3 is 5.97 Å². The highest BCUT2D eigenvalue weighted by Gasteiger charge is 2.27. The van der Waals surface area contributed by atoms with Gasteiger partial charge < -0.3 is 25.6 Å². The van der Waals surface area contributed by atoms with Crippen molar-refractivity contribution in [1.29, 1.82) is 0 Å². The third kappa shape index (κ3) is 5.22. The number of likely N-dealkylation sites (tertiary alicyclic amines) is 1. The van der Waals surface area contributed by atoms with Crippen LogP contribution in [0, 0.1) is 0 Å². The summed E-state index contributed by atoms with van der Waals surface area (Å²) in [7, 11) is 0. The Kier molecular flexibility index (Phi) is 5.95. The first-order valence-electron chi connectivity index (χ1n) is 7.61. The molecular formula is C16H22N2O5. The molecule has 1 fully saturated rings. The molecule has 1 atom stereocenters. The van der Waals surface area contributed by atoms with Crippen LogP contribution in [-0.4, -0.2) is 58.8 Å². The summed E-state index contributed by atoms with van der Waals surface area (Å²) in [6, 6.07) is 5.99. The second-order valence-corrected chi connectivity index (χ2v) is 5.71. The first-order chi connectivity index (χ1) is 11.0. The molecule has 2 rings (SSSR count). The smallest absolute Gasteiger partial charge is 0.329 e. The third-order valence-corrected chi connectivity index (χ3v) is 3.91. The molecule has 0 bridgehead atoms. The molecule has 1 heterocycles. The van der Waals surface area contributed by atoms with Crippen molar-refractivity contribution in [2.24, 2.45) is 5.73 Å². The molecule has 126 valence electrons. The van der Waals surface area contributed by atoms with E-state index in [0.29, 0.717) is 32.4 Å². The molecule has 0 aromatic heterocycles. The summed E-state index contributed by atoms with van der Waals surface area (Å²) < 4.78 is 5.25. The van der Waals surface area contributed by atoms with Crippen LogP contribution in [0.25, 0.3) is 0 Å². The number of benzene rings is 1. The molecule has 0 radical (unpaired) electrons. The summed E-state index contributed by atoms with van der Waals surface area (Å²) in [4.78, 5) is 24.5. The third-order valence-electron chi connectivity index (χ3n) is 3.91. The number of ether oxygens (including phenoxy) is 1. The second kappa shape index (κ2) is 7.94. The number of amides is 1. The lowest BCUT2D eigenvalue weighted by Crippen LogP contribution is -2.49. The van der Waals surface area contributed by atoms with Crippen molar-refractivity contribution in [2.75, 3.05) is 19.7 Å². The standard InChI is InChI=1S/C16H22N2O5/c17-14(9-11-1-3-12(19)4-2-11)16(22)18-7-5-13(6-8-18)23-10-15(20)21/h1-4,13-14,19H,5-10,17H2,(H,20,21)/t14-/m0/s1. The predicted molar refractivity (Wildman–Crippen MR) is 83.0 cm³/mol. The zero-order valence-corrected chi connectivity index (χ0v) is 12.9. The molecule has 1 aliphatic heterocycles. The quantitative estimate of drug-likeness (QED) is 0.697. The van der Waals surface area contributed by atoms with E-state index in [4.69, 9.17) is 15.6 Å². The minimum absolute atomic E-state index is 0.116. The molecule has 4 N–H and O–H groups in total. The van der Waals surface area contributed by atoms with Gasteiger partial charge in [0.2, 0.25) is 5.91 Å². The van der Waals surface area contributed by atoms with Crippen LogP contribution in [0.2, 0.25) is 0 Å². The molecule has 1 aromatic carbocycles. The Labute approximate surface area is 134 Å². The molecular weight excluding hydrogens is 300 g/mol. The number of hydrogen-bond acceptors (Lipinski definition) is 5. The van der Waals surface area contributed by atoms with Gasteiger partial charge in [-0.05, 0) is 37.0 Å². The van der Waals surface area contributed by atoms with Crippen molar-refractivity contribution < 1.29 is 24.5 Å². The summed E-state index contributed by atoms with van der Waals surface area (Å²) in [5.74, 6) is -0.925. The number of phenols is 1. The SMILES string of the molecule is N[C@@H](Cc1ccc(O)cc1)C(=O)N1CCC(OCC(=O)O)CC1. The average molecular weight is 322 g/mol. The molecule has 1 amide bonds. The van der Waals surface area contributed by atoms with E-state index in [0.717, 1.165) is 5.56 Å². The van der Waals surface area contributed by atoms with E-state index in [1.807, 2.05) is 0 Å². The summed E-state index contributed by atoms with van der Waals surface area (Å²) in [5, 5.41) is 17.8. The minimum Gasteiger partial charge on any atom is -0.508 e. The number of aromatic hydroxyl groups is 1. The molecule has 1 aromatic rings. The van der Waals surface area contributed by atoms with Crippen LogP contribution in [0.3, 0.4) is 0 Å². The van der Waals surface area contributed by atoms with E-state index in [1.165, 1.54) is 0 Å². The van der Waals surface area contributed by atoms with Gasteiger partial charge in [-0.2, -0.15) is 0 Å². The Balaban J connectivity index is 1.79. The van der Waals surface area contributed by atoms with E-state index in [9.17, 15) is 14.7 Å². The van der Waals surface area contributed by atoms with Crippen molar-refractivity contribution in [1.82, 2.24) is 4.90 Å². The number of aliphatic carboxylic acids is 1. The number of carbonyl (C=O) groups is 2. The van der Waals surface area contributed by atoms with Crippen LogP contribution < -0.4 is 5.73 Å². The van der Waals surface area contributed by atoms with E-state index in [2.05, 4.69) is 0 Å². The highest BCUT2D eigenvalue weighted by molar-refractivity contribution is 5.82. The lowest BCUT2D eigenvalue weighted by atomic mass is 10.0. The van der Waals surface area contributed by atoms with E-state index in [-0.39, 0.29) is 24.4 Å². The minimum atomic E-state index is -0.987. The summed E-state index contributed by atoms with van der Waals surface area (Å²) >= 11 is 0. The fourth-order valence-electron chi connectivity index (χ4n) is 2.64. The molecule has 23 heavy (non-hydrogen) atoms. The van der Waals surface area contributed by atoms with Gasteiger partial charge in [0, 0.05) is 13.1 Å². The average Bonchev–Trinajstić information content (AvgIpc) is 2.55. The number of phenolic OH excluding ortho intramolecular Hbond substituents is 1. The molecule has 0 spiro atoms. The fraction of sp³-hybridized carbons (Fsp3) is 0.500. The van der Waals surface area contributed by atoms with Crippen LogP contribution in [0.1, 0.15) is 18.4 Å². The Morgan fingerprint density at radius 2 is 1.87 bits per heavy atom. The number of nitrogens with zero attached hydrogens (tertiary/aromatic N) is 1. The van der Waals surface area contributed by atoms with Crippen LogP contribution in [0.4, 0.5) is 0 Å². The lowest BCUT2D eigenvalue weighted by Gasteiger charge is -2.33. The lowest BCUT2D eigenvalue weighted by molar-refractivity contribution is -0.147. The van der Waals surface area contributed by atoms with Crippen LogP contribution in [0.15, 0.2) is 24.3 Å². The summed E-state index contributed by atoms with van der Waals surface area (Å²) in [6.07, 6.45) is 1.52. The van der Waals surface area contributed by atoms with Crippen LogP contribution in [-0.2, 0) is 20.7 Å². The number of carboxylic acid groups (broad SMARTS) is 1. The Hall–Kier alpha value is -2.12. The van der Waals surface area contributed by atoms with Gasteiger partial charge in [0.1, 0.15) is 12.4 Å².